The van der Waals surface area contributed by atoms with Crippen LogP contribution in [-0.4, -0.2) is 44.3 Å². The number of fused-ring (bicyclic) bond motifs is 1. The first-order valence-corrected chi connectivity index (χ1v) is 13.8. The van der Waals surface area contributed by atoms with Crippen molar-refractivity contribution in [2.75, 3.05) is 32.7 Å². The van der Waals surface area contributed by atoms with Gasteiger partial charge in [0, 0.05) is 31.4 Å². The maximum Gasteiger partial charge on any atom is 0.338 e. The van der Waals surface area contributed by atoms with E-state index in [0.29, 0.717) is 43.3 Å². The molecule has 10 heteroatoms. The van der Waals surface area contributed by atoms with Gasteiger partial charge in [-0.1, -0.05) is 35.6 Å². The second-order valence-electron chi connectivity index (χ2n) is 9.56. The van der Waals surface area contributed by atoms with Crippen LogP contribution in [0.3, 0.4) is 0 Å². The number of esters is 2. The SMILES string of the molecule is CCOC(=O)C1=C(C)N=c2s/c(=C\c3ccc(-c4cccc(C(=O)OC)c4)o3)c(=O)n2C1c1ccc(N(C)C)cc1. The molecule has 0 spiro atoms. The number of hydrogen-bond donors (Lipinski definition) is 0. The van der Waals surface area contributed by atoms with Gasteiger partial charge in [0.1, 0.15) is 11.5 Å². The third kappa shape index (κ3) is 5.38. The Morgan fingerprint density at radius 2 is 1.85 bits per heavy atom. The van der Waals surface area contributed by atoms with E-state index in [-0.39, 0.29) is 12.2 Å². The molecule has 41 heavy (non-hydrogen) atoms. The van der Waals surface area contributed by atoms with Crippen LogP contribution in [0.1, 0.15) is 41.6 Å². The van der Waals surface area contributed by atoms with Crippen molar-refractivity contribution in [1.29, 1.82) is 0 Å². The number of ether oxygens (including phenoxy) is 2. The number of carbonyl (C=O) groups excluding carboxylic acids is 2. The molecular weight excluding hydrogens is 542 g/mol. The van der Waals surface area contributed by atoms with Crippen LogP contribution in [0.25, 0.3) is 17.4 Å². The van der Waals surface area contributed by atoms with E-state index < -0.39 is 18.0 Å². The number of hydrogen-bond acceptors (Lipinski definition) is 9. The Kier molecular flexibility index (Phi) is 7.76. The van der Waals surface area contributed by atoms with Crippen LogP contribution < -0.4 is 19.8 Å². The van der Waals surface area contributed by atoms with Crippen molar-refractivity contribution in [2.45, 2.75) is 19.9 Å². The maximum atomic E-state index is 13.8. The van der Waals surface area contributed by atoms with Crippen LogP contribution in [0.2, 0.25) is 0 Å². The molecule has 2 aromatic heterocycles. The first-order chi connectivity index (χ1) is 19.7. The molecule has 0 N–H and O–H groups in total. The van der Waals surface area contributed by atoms with E-state index in [1.165, 1.54) is 18.4 Å². The summed E-state index contributed by atoms with van der Waals surface area (Å²) in [4.78, 5) is 46.0. The molecule has 2 aromatic carbocycles. The first kappa shape index (κ1) is 27.9. The molecule has 4 aromatic rings. The molecule has 3 heterocycles. The number of aromatic nitrogens is 1. The number of benzene rings is 2. The van der Waals surface area contributed by atoms with Gasteiger partial charge < -0.3 is 18.8 Å². The van der Waals surface area contributed by atoms with Gasteiger partial charge in [0.25, 0.3) is 5.56 Å². The lowest BCUT2D eigenvalue weighted by Gasteiger charge is -2.25. The number of thiazole rings is 1. The zero-order chi connectivity index (χ0) is 29.3. The average Bonchev–Trinajstić information content (AvgIpc) is 3.56. The lowest BCUT2D eigenvalue weighted by Crippen LogP contribution is -2.39. The van der Waals surface area contributed by atoms with Gasteiger partial charge in [0.15, 0.2) is 4.80 Å². The van der Waals surface area contributed by atoms with Crippen LogP contribution in [-0.2, 0) is 14.3 Å². The Morgan fingerprint density at radius 1 is 1.10 bits per heavy atom. The minimum absolute atomic E-state index is 0.204. The topological polar surface area (TPSA) is 103 Å². The lowest BCUT2D eigenvalue weighted by molar-refractivity contribution is -0.139. The molecule has 0 saturated carbocycles. The monoisotopic (exact) mass is 571 g/mol. The minimum atomic E-state index is -0.697. The predicted molar refractivity (Wildman–Crippen MR) is 157 cm³/mol. The summed E-state index contributed by atoms with van der Waals surface area (Å²) in [6, 6.07) is 17.5. The fourth-order valence-corrected chi connectivity index (χ4v) is 5.72. The maximum absolute atomic E-state index is 13.8. The van der Waals surface area contributed by atoms with Crippen molar-refractivity contribution >= 4 is 35.0 Å². The molecule has 1 aliphatic rings. The molecule has 5 rings (SSSR count). The van der Waals surface area contributed by atoms with Gasteiger partial charge in [0.05, 0.1) is 41.1 Å². The van der Waals surface area contributed by atoms with Crippen LogP contribution in [0.15, 0.2) is 86.1 Å². The summed E-state index contributed by atoms with van der Waals surface area (Å²) in [6.45, 7) is 3.70. The Balaban J connectivity index is 1.59. The van der Waals surface area contributed by atoms with Crippen molar-refractivity contribution < 1.29 is 23.5 Å². The molecule has 0 bridgehead atoms. The summed E-state index contributed by atoms with van der Waals surface area (Å²) in [6.07, 6.45) is 1.66. The highest BCUT2D eigenvalue weighted by atomic mass is 32.1. The number of rotatable bonds is 7. The van der Waals surface area contributed by atoms with Crippen molar-refractivity contribution in [2.24, 2.45) is 4.99 Å². The van der Waals surface area contributed by atoms with Crippen LogP contribution >= 0.6 is 11.3 Å². The van der Waals surface area contributed by atoms with Crippen molar-refractivity contribution in [3.05, 3.63) is 109 Å². The summed E-state index contributed by atoms with van der Waals surface area (Å²) in [5.74, 6) is 0.0498. The molecule has 0 saturated heterocycles. The minimum Gasteiger partial charge on any atom is -0.465 e. The Bertz CT molecular complexity index is 1840. The highest BCUT2D eigenvalue weighted by Crippen LogP contribution is 2.31. The molecule has 1 atom stereocenters. The van der Waals surface area contributed by atoms with E-state index >= 15 is 0 Å². The number of nitrogens with zero attached hydrogens (tertiary/aromatic N) is 3. The lowest BCUT2D eigenvalue weighted by atomic mass is 9.95. The van der Waals surface area contributed by atoms with Gasteiger partial charge in [0.2, 0.25) is 0 Å². The average molecular weight is 572 g/mol. The van der Waals surface area contributed by atoms with Crippen LogP contribution in [0.5, 0.6) is 0 Å². The third-order valence-electron chi connectivity index (χ3n) is 6.71. The molecule has 0 aliphatic carbocycles. The number of anilines is 1. The number of carbonyl (C=O) groups is 2. The smallest absolute Gasteiger partial charge is 0.338 e. The Labute approximate surface area is 240 Å². The number of methoxy groups -OCH3 is 1. The molecular formula is C31H29N3O6S. The van der Waals surface area contributed by atoms with Gasteiger partial charge in [-0.2, -0.15) is 0 Å². The van der Waals surface area contributed by atoms with Gasteiger partial charge in [-0.15, -0.1) is 0 Å². The number of furan rings is 1. The van der Waals surface area contributed by atoms with E-state index in [2.05, 4.69) is 4.99 Å². The largest absolute Gasteiger partial charge is 0.465 e. The number of allylic oxidation sites excluding steroid dienone is 1. The Morgan fingerprint density at radius 3 is 2.54 bits per heavy atom. The highest BCUT2D eigenvalue weighted by Gasteiger charge is 2.33. The molecule has 1 aliphatic heterocycles. The molecule has 9 nitrogen and oxygen atoms in total. The van der Waals surface area contributed by atoms with Crippen molar-refractivity contribution in [1.82, 2.24) is 4.57 Å². The van der Waals surface area contributed by atoms with E-state index in [0.717, 1.165) is 11.3 Å². The summed E-state index contributed by atoms with van der Waals surface area (Å²) in [5.41, 5.74) is 3.40. The zero-order valence-electron chi connectivity index (χ0n) is 23.3. The van der Waals surface area contributed by atoms with Crippen LogP contribution in [0.4, 0.5) is 5.69 Å². The first-order valence-electron chi connectivity index (χ1n) is 13.0. The van der Waals surface area contributed by atoms with Gasteiger partial charge in [-0.25, -0.2) is 14.6 Å². The van der Waals surface area contributed by atoms with E-state index in [9.17, 15) is 14.4 Å². The third-order valence-corrected chi connectivity index (χ3v) is 7.69. The molecule has 0 radical (unpaired) electrons. The zero-order valence-corrected chi connectivity index (χ0v) is 24.2. The normalized spacial score (nSPS) is 14.9. The van der Waals surface area contributed by atoms with E-state index in [1.54, 1.807) is 54.8 Å². The summed E-state index contributed by atoms with van der Waals surface area (Å²) >= 11 is 1.22. The van der Waals surface area contributed by atoms with Gasteiger partial charge >= 0.3 is 11.9 Å². The second kappa shape index (κ2) is 11.4. The van der Waals surface area contributed by atoms with E-state index in [1.807, 2.05) is 49.3 Å². The fraction of sp³-hybridized carbons (Fsp3) is 0.226. The fourth-order valence-electron chi connectivity index (χ4n) is 4.69. The summed E-state index contributed by atoms with van der Waals surface area (Å²) in [7, 11) is 5.22. The predicted octanol–water partition coefficient (Wildman–Crippen LogP) is 3.91. The Hall–Kier alpha value is -4.70. The standard InChI is InChI=1S/C31H29N3O6S/c1-6-39-30(37)26-18(2)32-31-34(27(26)19-10-12-22(13-11-19)33(3)4)28(35)25(41-31)17-23-14-15-24(40-23)20-8-7-9-21(16-20)29(36)38-5/h7-17,27H,6H2,1-5H3/b25-17-. The van der Waals surface area contributed by atoms with E-state index in [4.69, 9.17) is 13.9 Å². The second-order valence-corrected chi connectivity index (χ2v) is 10.6. The van der Waals surface area contributed by atoms with Crippen LogP contribution in [0, 0.1) is 0 Å². The highest BCUT2D eigenvalue weighted by molar-refractivity contribution is 7.07. The quantitative estimate of drug-likeness (QED) is 0.310. The summed E-state index contributed by atoms with van der Waals surface area (Å²) < 4.78 is 18.1. The molecule has 0 fully saturated rings. The molecule has 1 unspecified atom stereocenters. The summed E-state index contributed by atoms with van der Waals surface area (Å²) in [5, 5.41) is 0. The van der Waals surface area contributed by atoms with Gasteiger partial charge in [-0.3, -0.25) is 9.36 Å². The molecule has 0 amide bonds. The van der Waals surface area contributed by atoms with Crippen molar-refractivity contribution in [3.63, 3.8) is 0 Å². The van der Waals surface area contributed by atoms with Crippen molar-refractivity contribution in [3.8, 4) is 11.3 Å². The molecule has 210 valence electrons. The van der Waals surface area contributed by atoms with Gasteiger partial charge in [-0.05, 0) is 55.8 Å².